The van der Waals surface area contributed by atoms with E-state index in [1.54, 1.807) is 24.3 Å². The molecular formula is C14H11F3N2. The lowest BCUT2D eigenvalue weighted by Crippen LogP contribution is -2.05. The minimum absolute atomic E-state index is 0.564. The van der Waals surface area contributed by atoms with Gasteiger partial charge in [-0.2, -0.15) is 18.3 Å². The van der Waals surface area contributed by atoms with Gasteiger partial charge in [-0.1, -0.05) is 42.5 Å². The predicted molar refractivity (Wildman–Crippen MR) is 64.9 cm³/mol. The number of halogens is 3. The minimum atomic E-state index is -4.35. The van der Waals surface area contributed by atoms with Crippen molar-refractivity contribution in [2.45, 2.75) is 12.2 Å². The van der Waals surface area contributed by atoms with Crippen molar-refractivity contribution in [2.24, 2.45) is 5.11 Å². The summed E-state index contributed by atoms with van der Waals surface area (Å²) in [5, 5.41) is 3.49. The summed E-state index contributed by atoms with van der Waals surface area (Å²) >= 11 is 0. The topological polar surface area (TPSA) is 36.2 Å². The summed E-state index contributed by atoms with van der Waals surface area (Å²) in [4.78, 5) is 0. The van der Waals surface area contributed by atoms with Gasteiger partial charge in [0.25, 0.3) is 0 Å². The molecule has 0 saturated heterocycles. The molecule has 0 saturated carbocycles. The molecule has 0 aliphatic carbocycles. The van der Waals surface area contributed by atoms with Crippen LogP contribution >= 0.6 is 0 Å². The third-order valence-electron chi connectivity index (χ3n) is 2.80. The number of nitrogens with one attached hydrogen (secondary N) is 1. The van der Waals surface area contributed by atoms with Crippen LogP contribution in [0.1, 0.15) is 22.7 Å². The van der Waals surface area contributed by atoms with E-state index in [0.717, 1.165) is 17.7 Å². The molecule has 1 atom stereocenters. The highest BCUT2D eigenvalue weighted by molar-refractivity contribution is 5.34. The largest absolute Gasteiger partial charge is 0.416 e. The molecule has 1 N–H and O–H groups in total. The molecule has 2 aromatic rings. The van der Waals surface area contributed by atoms with Crippen LogP contribution in [0.25, 0.3) is 0 Å². The van der Waals surface area contributed by atoms with Gasteiger partial charge < -0.3 is 0 Å². The molecule has 0 amide bonds. The first-order valence-corrected chi connectivity index (χ1v) is 5.61. The summed E-state index contributed by atoms with van der Waals surface area (Å²) in [6.45, 7) is 0. The highest BCUT2D eigenvalue weighted by atomic mass is 19.4. The van der Waals surface area contributed by atoms with Gasteiger partial charge in [-0.15, -0.1) is 0 Å². The SMILES string of the molecule is N=NC(c1ccccc1)c1ccc(C(F)(F)F)cc1. The highest BCUT2D eigenvalue weighted by Gasteiger charge is 2.30. The van der Waals surface area contributed by atoms with E-state index in [4.69, 9.17) is 5.53 Å². The normalized spacial score (nSPS) is 13.0. The highest BCUT2D eigenvalue weighted by Crippen LogP contribution is 2.32. The molecule has 0 aliphatic rings. The standard InChI is InChI=1S/C14H11F3N2/c15-14(16,17)12-8-6-11(7-9-12)13(19-18)10-4-2-1-3-5-10/h1-9,13,18H. The lowest BCUT2D eigenvalue weighted by Gasteiger charge is -2.13. The summed E-state index contributed by atoms with van der Waals surface area (Å²) in [7, 11) is 0. The molecule has 0 heterocycles. The van der Waals surface area contributed by atoms with Gasteiger partial charge in [-0.05, 0) is 23.3 Å². The van der Waals surface area contributed by atoms with Crippen LogP contribution in [0.2, 0.25) is 0 Å². The van der Waals surface area contributed by atoms with Crippen molar-refractivity contribution in [1.82, 2.24) is 0 Å². The van der Waals surface area contributed by atoms with Gasteiger partial charge in [0, 0.05) is 0 Å². The average Bonchev–Trinajstić information content (AvgIpc) is 2.40. The molecular weight excluding hydrogens is 253 g/mol. The molecule has 0 radical (unpaired) electrons. The van der Waals surface area contributed by atoms with Crippen molar-refractivity contribution in [1.29, 1.82) is 5.53 Å². The van der Waals surface area contributed by atoms with Crippen molar-refractivity contribution in [2.75, 3.05) is 0 Å². The number of rotatable bonds is 3. The van der Waals surface area contributed by atoms with Crippen LogP contribution in [0.4, 0.5) is 13.2 Å². The smallest absolute Gasteiger partial charge is 0.209 e. The summed E-state index contributed by atoms with van der Waals surface area (Å²) in [6.07, 6.45) is -4.35. The number of alkyl halides is 3. The van der Waals surface area contributed by atoms with Crippen LogP contribution in [0.15, 0.2) is 59.7 Å². The molecule has 2 nitrogen and oxygen atoms in total. The average molecular weight is 264 g/mol. The summed E-state index contributed by atoms with van der Waals surface area (Å²) in [6, 6.07) is 13.2. The van der Waals surface area contributed by atoms with E-state index in [2.05, 4.69) is 5.11 Å². The Balaban J connectivity index is 2.33. The number of hydrogen-bond acceptors (Lipinski definition) is 2. The maximum Gasteiger partial charge on any atom is 0.416 e. The molecule has 5 heteroatoms. The van der Waals surface area contributed by atoms with E-state index in [1.807, 2.05) is 6.07 Å². The van der Waals surface area contributed by atoms with Crippen molar-refractivity contribution >= 4 is 0 Å². The second-order valence-electron chi connectivity index (χ2n) is 4.06. The van der Waals surface area contributed by atoms with Gasteiger partial charge in [-0.3, -0.25) is 0 Å². The Hall–Kier alpha value is -2.17. The van der Waals surface area contributed by atoms with Crippen LogP contribution in [-0.4, -0.2) is 0 Å². The molecule has 2 rings (SSSR count). The van der Waals surface area contributed by atoms with Crippen molar-refractivity contribution < 1.29 is 13.2 Å². The van der Waals surface area contributed by atoms with Gasteiger partial charge in [0.15, 0.2) is 0 Å². The second kappa shape index (κ2) is 5.22. The molecule has 0 spiro atoms. The zero-order valence-corrected chi connectivity index (χ0v) is 9.85. The Morgan fingerprint density at radius 2 is 1.37 bits per heavy atom. The first-order chi connectivity index (χ1) is 9.02. The van der Waals surface area contributed by atoms with E-state index < -0.39 is 17.8 Å². The van der Waals surface area contributed by atoms with Crippen LogP contribution in [-0.2, 0) is 6.18 Å². The number of benzene rings is 2. The number of nitrogens with zero attached hydrogens (tertiary/aromatic N) is 1. The molecule has 19 heavy (non-hydrogen) atoms. The van der Waals surface area contributed by atoms with E-state index in [9.17, 15) is 13.2 Å². The Morgan fingerprint density at radius 1 is 0.842 bits per heavy atom. The Kier molecular flexibility index (Phi) is 3.64. The fourth-order valence-corrected chi connectivity index (χ4v) is 1.83. The number of hydrogen-bond donors (Lipinski definition) is 1. The lowest BCUT2D eigenvalue weighted by atomic mass is 9.98. The molecule has 1 unspecified atom stereocenters. The van der Waals surface area contributed by atoms with E-state index in [1.165, 1.54) is 12.1 Å². The van der Waals surface area contributed by atoms with Crippen molar-refractivity contribution in [3.05, 3.63) is 71.3 Å². The fourth-order valence-electron chi connectivity index (χ4n) is 1.83. The zero-order chi connectivity index (χ0) is 13.9. The first-order valence-electron chi connectivity index (χ1n) is 5.61. The minimum Gasteiger partial charge on any atom is -0.209 e. The lowest BCUT2D eigenvalue weighted by molar-refractivity contribution is -0.137. The monoisotopic (exact) mass is 264 g/mol. The van der Waals surface area contributed by atoms with E-state index in [-0.39, 0.29) is 0 Å². The van der Waals surface area contributed by atoms with Gasteiger partial charge >= 0.3 is 6.18 Å². The fraction of sp³-hybridized carbons (Fsp3) is 0.143. The van der Waals surface area contributed by atoms with E-state index >= 15 is 0 Å². The third-order valence-corrected chi connectivity index (χ3v) is 2.80. The summed E-state index contributed by atoms with van der Waals surface area (Å²) in [5.74, 6) is 0. The van der Waals surface area contributed by atoms with Gasteiger partial charge in [-0.25, -0.2) is 5.53 Å². The van der Waals surface area contributed by atoms with Crippen LogP contribution < -0.4 is 0 Å². The Labute approximate surface area is 108 Å². The molecule has 0 aromatic heterocycles. The molecule has 0 bridgehead atoms. The quantitative estimate of drug-likeness (QED) is 0.771. The first kappa shape index (κ1) is 13.3. The van der Waals surface area contributed by atoms with Gasteiger partial charge in [0.1, 0.15) is 6.04 Å². The maximum absolute atomic E-state index is 12.5. The summed E-state index contributed by atoms with van der Waals surface area (Å²) in [5.41, 5.74) is 7.85. The van der Waals surface area contributed by atoms with Crippen molar-refractivity contribution in [3.63, 3.8) is 0 Å². The Bertz CT molecular complexity index is 547. The third kappa shape index (κ3) is 2.99. The maximum atomic E-state index is 12.5. The molecule has 0 fully saturated rings. The van der Waals surface area contributed by atoms with Crippen LogP contribution in [0, 0.1) is 5.53 Å². The zero-order valence-electron chi connectivity index (χ0n) is 9.85. The van der Waals surface area contributed by atoms with Gasteiger partial charge in [0.05, 0.1) is 5.56 Å². The second-order valence-corrected chi connectivity index (χ2v) is 4.06. The molecule has 98 valence electrons. The van der Waals surface area contributed by atoms with Crippen molar-refractivity contribution in [3.8, 4) is 0 Å². The molecule has 2 aromatic carbocycles. The predicted octanol–water partition coefficient (Wildman–Crippen LogP) is 4.83. The molecule has 0 aliphatic heterocycles. The van der Waals surface area contributed by atoms with Crippen LogP contribution in [0.5, 0.6) is 0 Å². The Morgan fingerprint density at radius 3 is 1.84 bits per heavy atom. The summed E-state index contributed by atoms with van der Waals surface area (Å²) < 4.78 is 37.4. The van der Waals surface area contributed by atoms with E-state index in [0.29, 0.717) is 5.56 Å². The van der Waals surface area contributed by atoms with Crippen LogP contribution in [0.3, 0.4) is 0 Å². The van der Waals surface area contributed by atoms with Gasteiger partial charge in [0.2, 0.25) is 0 Å².